The zero-order valence-electron chi connectivity index (χ0n) is 15.1. The molecule has 0 spiro atoms. The molecule has 1 heterocycles. The first-order valence-corrected chi connectivity index (χ1v) is 10.0. The van der Waals surface area contributed by atoms with E-state index in [0.717, 1.165) is 0 Å². The van der Waals surface area contributed by atoms with Gasteiger partial charge < -0.3 is 9.73 Å². The molecule has 0 fully saturated rings. The van der Waals surface area contributed by atoms with Crippen LogP contribution in [0.25, 0.3) is 0 Å². The summed E-state index contributed by atoms with van der Waals surface area (Å²) in [6.07, 6.45) is 1.46. The van der Waals surface area contributed by atoms with Crippen molar-refractivity contribution in [2.45, 2.75) is 24.4 Å². The number of furan rings is 1. The molecule has 2 N–H and O–H groups in total. The highest BCUT2D eigenvalue weighted by Gasteiger charge is 2.17. The first-order chi connectivity index (χ1) is 13.4. The van der Waals surface area contributed by atoms with Gasteiger partial charge in [-0.15, -0.1) is 0 Å². The monoisotopic (exact) mass is 402 g/mol. The highest BCUT2D eigenvalue weighted by atomic mass is 32.2. The van der Waals surface area contributed by atoms with Crippen LogP contribution in [0, 0.1) is 5.82 Å². The third-order valence-corrected chi connectivity index (χ3v) is 5.58. The minimum absolute atomic E-state index is 0.0255. The highest BCUT2D eigenvalue weighted by molar-refractivity contribution is 7.89. The Balaban J connectivity index is 1.66. The van der Waals surface area contributed by atoms with E-state index in [-0.39, 0.29) is 17.0 Å². The molecule has 0 aliphatic carbocycles. The number of halogens is 1. The molecule has 0 saturated heterocycles. The predicted octanol–water partition coefficient (Wildman–Crippen LogP) is 3.39. The highest BCUT2D eigenvalue weighted by Crippen LogP contribution is 2.17. The van der Waals surface area contributed by atoms with Crippen LogP contribution in [0.1, 0.15) is 34.6 Å². The molecule has 0 saturated carbocycles. The fourth-order valence-corrected chi connectivity index (χ4v) is 3.63. The molecule has 1 unspecified atom stereocenters. The number of hydrogen-bond donors (Lipinski definition) is 2. The first kappa shape index (κ1) is 19.8. The lowest BCUT2D eigenvalue weighted by Gasteiger charge is -2.15. The van der Waals surface area contributed by atoms with Crippen LogP contribution in [-0.2, 0) is 16.6 Å². The Morgan fingerprint density at radius 2 is 1.79 bits per heavy atom. The van der Waals surface area contributed by atoms with Crippen LogP contribution < -0.4 is 10.0 Å². The minimum atomic E-state index is -3.74. The van der Waals surface area contributed by atoms with Gasteiger partial charge in [0.15, 0.2) is 0 Å². The van der Waals surface area contributed by atoms with Gasteiger partial charge in [-0.3, -0.25) is 4.79 Å². The summed E-state index contributed by atoms with van der Waals surface area (Å²) in [4.78, 5) is 12.4. The van der Waals surface area contributed by atoms with Crippen molar-refractivity contribution in [1.82, 2.24) is 10.0 Å². The Bertz CT molecular complexity index is 1050. The van der Waals surface area contributed by atoms with E-state index < -0.39 is 27.8 Å². The van der Waals surface area contributed by atoms with Crippen LogP contribution >= 0.6 is 0 Å². The van der Waals surface area contributed by atoms with Gasteiger partial charge in [-0.25, -0.2) is 17.5 Å². The maximum atomic E-state index is 13.8. The average molecular weight is 402 g/mol. The number of nitrogens with one attached hydrogen (secondary N) is 2. The fraction of sp³-hybridized carbons (Fsp3) is 0.150. The molecule has 3 rings (SSSR count). The molecular formula is C20H19FN2O4S. The number of benzene rings is 2. The molecule has 0 bridgehead atoms. The van der Waals surface area contributed by atoms with Crippen molar-refractivity contribution >= 4 is 15.9 Å². The fourth-order valence-electron chi connectivity index (χ4n) is 2.63. The number of carbonyl (C=O) groups is 1. The summed E-state index contributed by atoms with van der Waals surface area (Å²) >= 11 is 0. The number of carbonyl (C=O) groups excluding carboxylic acids is 1. The third-order valence-electron chi connectivity index (χ3n) is 4.16. The van der Waals surface area contributed by atoms with Crippen molar-refractivity contribution in [2.24, 2.45) is 0 Å². The molecule has 0 aliphatic rings. The lowest BCUT2D eigenvalue weighted by molar-refractivity contribution is 0.0939. The van der Waals surface area contributed by atoms with E-state index in [4.69, 9.17) is 4.42 Å². The number of rotatable bonds is 7. The summed E-state index contributed by atoms with van der Waals surface area (Å²) < 4.78 is 46.0. The van der Waals surface area contributed by atoms with Crippen LogP contribution in [0.3, 0.4) is 0 Å². The summed E-state index contributed by atoms with van der Waals surface area (Å²) in [6.45, 7) is 1.70. The summed E-state index contributed by atoms with van der Waals surface area (Å²) in [7, 11) is -3.74. The second-order valence-electron chi connectivity index (χ2n) is 6.14. The molecule has 2 aromatic carbocycles. The average Bonchev–Trinajstić information content (AvgIpc) is 3.20. The van der Waals surface area contributed by atoms with Crippen LogP contribution in [0.15, 0.2) is 76.2 Å². The van der Waals surface area contributed by atoms with Gasteiger partial charge >= 0.3 is 0 Å². The standard InChI is InChI=1S/C20H19FN2O4S/c1-14(18-6-2-3-7-19(18)21)23-20(24)15-8-10-17(11-9-15)28(25,26)22-13-16-5-4-12-27-16/h2-12,14,22H,13H2,1H3,(H,23,24). The number of amides is 1. The Morgan fingerprint density at radius 3 is 2.43 bits per heavy atom. The van der Waals surface area contributed by atoms with Gasteiger partial charge in [-0.05, 0) is 49.4 Å². The molecule has 3 aromatic rings. The van der Waals surface area contributed by atoms with E-state index in [0.29, 0.717) is 11.3 Å². The summed E-state index contributed by atoms with van der Waals surface area (Å²) in [5.74, 6) is -0.343. The molecular weight excluding hydrogens is 383 g/mol. The second kappa shape index (κ2) is 8.37. The molecule has 1 atom stereocenters. The van der Waals surface area contributed by atoms with Crippen molar-refractivity contribution in [3.8, 4) is 0 Å². The third kappa shape index (κ3) is 4.65. The molecule has 8 heteroatoms. The molecule has 28 heavy (non-hydrogen) atoms. The quantitative estimate of drug-likeness (QED) is 0.634. The van der Waals surface area contributed by atoms with Gasteiger partial charge in [0.2, 0.25) is 10.0 Å². The van der Waals surface area contributed by atoms with Crippen LogP contribution in [0.2, 0.25) is 0 Å². The molecule has 1 amide bonds. The lowest BCUT2D eigenvalue weighted by Crippen LogP contribution is -2.27. The number of sulfonamides is 1. The second-order valence-corrected chi connectivity index (χ2v) is 7.91. The van der Waals surface area contributed by atoms with Crippen molar-refractivity contribution < 1.29 is 22.0 Å². The maximum absolute atomic E-state index is 13.8. The van der Waals surface area contributed by atoms with E-state index in [2.05, 4.69) is 10.0 Å². The van der Waals surface area contributed by atoms with Gasteiger partial charge in [-0.2, -0.15) is 0 Å². The van der Waals surface area contributed by atoms with Gasteiger partial charge in [0.25, 0.3) is 5.91 Å². The number of hydrogen-bond acceptors (Lipinski definition) is 4. The van der Waals surface area contributed by atoms with Gasteiger partial charge in [0, 0.05) is 11.1 Å². The Hall–Kier alpha value is -2.97. The smallest absolute Gasteiger partial charge is 0.251 e. The summed E-state index contributed by atoms with van der Waals surface area (Å²) in [5, 5.41) is 2.70. The van der Waals surface area contributed by atoms with E-state index in [1.165, 1.54) is 36.6 Å². The Morgan fingerprint density at radius 1 is 1.07 bits per heavy atom. The van der Waals surface area contributed by atoms with E-state index >= 15 is 0 Å². The predicted molar refractivity (Wildman–Crippen MR) is 101 cm³/mol. The Labute approximate surface area is 162 Å². The molecule has 6 nitrogen and oxygen atoms in total. The van der Waals surface area contributed by atoms with E-state index in [9.17, 15) is 17.6 Å². The van der Waals surface area contributed by atoms with Gasteiger partial charge in [0.05, 0.1) is 23.7 Å². The lowest BCUT2D eigenvalue weighted by atomic mass is 10.1. The van der Waals surface area contributed by atoms with Crippen LogP contribution in [0.4, 0.5) is 4.39 Å². The van der Waals surface area contributed by atoms with Crippen molar-refractivity contribution in [1.29, 1.82) is 0 Å². The normalized spacial score (nSPS) is 12.5. The van der Waals surface area contributed by atoms with Crippen LogP contribution in [-0.4, -0.2) is 14.3 Å². The summed E-state index contributed by atoms with van der Waals surface area (Å²) in [6, 6.07) is 14.5. The molecule has 0 radical (unpaired) electrons. The largest absolute Gasteiger partial charge is 0.468 e. The van der Waals surface area contributed by atoms with Gasteiger partial charge in [0.1, 0.15) is 11.6 Å². The van der Waals surface area contributed by atoms with E-state index in [1.807, 2.05) is 0 Å². The molecule has 1 aromatic heterocycles. The minimum Gasteiger partial charge on any atom is -0.468 e. The topological polar surface area (TPSA) is 88.4 Å². The van der Waals surface area contributed by atoms with Crippen molar-refractivity contribution in [3.63, 3.8) is 0 Å². The maximum Gasteiger partial charge on any atom is 0.251 e. The van der Waals surface area contributed by atoms with E-state index in [1.54, 1.807) is 37.3 Å². The summed E-state index contributed by atoms with van der Waals surface area (Å²) in [5.41, 5.74) is 0.644. The van der Waals surface area contributed by atoms with Crippen LogP contribution in [0.5, 0.6) is 0 Å². The SMILES string of the molecule is CC(NC(=O)c1ccc(S(=O)(=O)NCc2ccco2)cc1)c1ccccc1F. The first-order valence-electron chi connectivity index (χ1n) is 8.54. The Kier molecular flexibility index (Phi) is 5.91. The van der Waals surface area contributed by atoms with Gasteiger partial charge in [-0.1, -0.05) is 18.2 Å². The zero-order valence-corrected chi connectivity index (χ0v) is 15.9. The van der Waals surface area contributed by atoms with Crippen molar-refractivity contribution in [3.05, 3.63) is 89.6 Å². The molecule has 0 aliphatic heterocycles. The van der Waals surface area contributed by atoms with Crippen molar-refractivity contribution in [2.75, 3.05) is 0 Å². The molecule has 146 valence electrons. The zero-order chi connectivity index (χ0) is 20.1.